The zero-order chi connectivity index (χ0) is 23.8. The molecule has 0 unspecified atom stereocenters. The van der Waals surface area contributed by atoms with Gasteiger partial charge in [0.25, 0.3) is 0 Å². The van der Waals surface area contributed by atoms with Crippen LogP contribution in [0.15, 0.2) is 47.5 Å². The number of sulfone groups is 1. The molecule has 0 aromatic heterocycles. The Morgan fingerprint density at radius 3 is 2.73 bits per heavy atom. The van der Waals surface area contributed by atoms with Gasteiger partial charge in [0.05, 0.1) is 29.7 Å². The van der Waals surface area contributed by atoms with Crippen molar-refractivity contribution in [2.45, 2.75) is 31.1 Å². The monoisotopic (exact) mass is 508 g/mol. The molecule has 1 amide bonds. The summed E-state index contributed by atoms with van der Waals surface area (Å²) >= 11 is 7.48. The first-order valence-corrected chi connectivity index (χ1v) is 13.2. The third-order valence-electron chi connectivity index (χ3n) is 5.24. The molecule has 2 aliphatic heterocycles. The summed E-state index contributed by atoms with van der Waals surface area (Å²) in [4.78, 5) is 29.0. The van der Waals surface area contributed by atoms with Gasteiger partial charge in [-0.25, -0.2) is 8.42 Å². The fourth-order valence-electron chi connectivity index (χ4n) is 3.79. The highest BCUT2D eigenvalue weighted by Gasteiger charge is 2.50. The van der Waals surface area contributed by atoms with Crippen LogP contribution >= 0.6 is 23.4 Å². The normalized spacial score (nSPS) is 22.4. The summed E-state index contributed by atoms with van der Waals surface area (Å²) in [5.41, 5.74) is 1.50. The molecule has 11 heteroatoms. The molecular formula is C22H21ClN2O6S2. The highest BCUT2D eigenvalue weighted by Crippen LogP contribution is 2.45. The Labute approximate surface area is 200 Å². The van der Waals surface area contributed by atoms with Crippen molar-refractivity contribution in [3.8, 4) is 11.5 Å². The second kappa shape index (κ2) is 9.36. The number of hydrogen-bond donors (Lipinski definition) is 1. The number of carbonyl (C=O) groups is 2. The Kier molecular flexibility index (Phi) is 6.69. The van der Waals surface area contributed by atoms with E-state index in [0.29, 0.717) is 27.4 Å². The molecular weight excluding hydrogens is 488 g/mol. The van der Waals surface area contributed by atoms with E-state index in [9.17, 15) is 18.0 Å². The van der Waals surface area contributed by atoms with Crippen LogP contribution < -0.4 is 9.64 Å². The van der Waals surface area contributed by atoms with Crippen LogP contribution in [-0.2, 0) is 19.4 Å². The van der Waals surface area contributed by atoms with E-state index in [-0.39, 0.29) is 29.6 Å². The number of fused-ring (bicyclic) bond motifs is 1. The number of aryl methyl sites for hydroxylation is 1. The first-order valence-electron chi connectivity index (χ1n) is 10.1. The zero-order valence-electron chi connectivity index (χ0n) is 17.6. The predicted octanol–water partition coefficient (Wildman–Crippen LogP) is 3.91. The van der Waals surface area contributed by atoms with E-state index in [4.69, 9.17) is 21.4 Å². The van der Waals surface area contributed by atoms with E-state index < -0.39 is 27.8 Å². The summed E-state index contributed by atoms with van der Waals surface area (Å²) in [6.07, 6.45) is -0.580. The van der Waals surface area contributed by atoms with Gasteiger partial charge in [0.2, 0.25) is 5.91 Å². The minimum atomic E-state index is -3.26. The SMILES string of the molecule is Cc1cccc(Oc2ccc(Cl)cc2N2C(=NC(=O)CCC(=O)O)S[C@@H]3CS(=O)(=O)C[C@H]32)c1. The maximum absolute atomic E-state index is 12.3. The molecule has 2 aliphatic rings. The number of aliphatic carboxylic acids is 1. The van der Waals surface area contributed by atoms with E-state index in [1.807, 2.05) is 25.1 Å². The van der Waals surface area contributed by atoms with Gasteiger partial charge in [-0.1, -0.05) is 35.5 Å². The molecule has 0 spiro atoms. The molecule has 2 atom stereocenters. The molecule has 174 valence electrons. The number of carbonyl (C=O) groups excluding carboxylic acids is 1. The lowest BCUT2D eigenvalue weighted by atomic mass is 10.2. The van der Waals surface area contributed by atoms with Gasteiger partial charge >= 0.3 is 5.97 Å². The topological polar surface area (TPSA) is 113 Å². The van der Waals surface area contributed by atoms with Crippen LogP contribution in [-0.4, -0.2) is 53.4 Å². The van der Waals surface area contributed by atoms with Gasteiger partial charge in [-0.2, -0.15) is 4.99 Å². The summed E-state index contributed by atoms with van der Waals surface area (Å²) in [6, 6.07) is 12.0. The van der Waals surface area contributed by atoms with Crippen molar-refractivity contribution in [1.29, 1.82) is 0 Å². The molecule has 0 bridgehead atoms. The molecule has 33 heavy (non-hydrogen) atoms. The Morgan fingerprint density at radius 1 is 1.21 bits per heavy atom. The van der Waals surface area contributed by atoms with Crippen molar-refractivity contribution in [2.24, 2.45) is 4.99 Å². The fraction of sp³-hybridized carbons (Fsp3) is 0.318. The molecule has 2 fully saturated rings. The van der Waals surface area contributed by atoms with E-state index in [0.717, 1.165) is 5.56 Å². The molecule has 0 radical (unpaired) electrons. The number of benzene rings is 2. The third kappa shape index (κ3) is 5.51. The van der Waals surface area contributed by atoms with Crippen molar-refractivity contribution in [3.63, 3.8) is 0 Å². The van der Waals surface area contributed by atoms with Crippen LogP contribution in [0.3, 0.4) is 0 Å². The minimum Gasteiger partial charge on any atom is -0.481 e. The van der Waals surface area contributed by atoms with Crippen LogP contribution in [0.2, 0.25) is 5.02 Å². The van der Waals surface area contributed by atoms with E-state index in [1.165, 1.54) is 11.8 Å². The van der Waals surface area contributed by atoms with Crippen molar-refractivity contribution in [2.75, 3.05) is 16.4 Å². The Bertz CT molecular complexity index is 1250. The quantitative estimate of drug-likeness (QED) is 0.624. The molecule has 8 nitrogen and oxygen atoms in total. The number of hydrogen-bond acceptors (Lipinski definition) is 6. The van der Waals surface area contributed by atoms with Gasteiger partial charge in [0.1, 0.15) is 5.75 Å². The average Bonchev–Trinajstić information content (AvgIpc) is 3.18. The zero-order valence-corrected chi connectivity index (χ0v) is 20.0. The molecule has 0 saturated carbocycles. The number of carboxylic acids is 1. The number of amides is 1. The standard InChI is InChI=1S/C22H21ClN2O6S2/c1-13-3-2-4-15(9-13)31-18-6-5-14(23)10-16(18)25-17-11-33(29,30)12-19(17)32-22(25)24-20(26)7-8-21(27)28/h2-6,9-10,17,19H,7-8,11-12H2,1H3,(H,27,28)/t17-,19-/m1/s1. The molecule has 2 aromatic rings. The molecule has 0 aliphatic carbocycles. The van der Waals surface area contributed by atoms with E-state index in [1.54, 1.807) is 29.2 Å². The number of aliphatic imine (C=N–C) groups is 1. The number of rotatable bonds is 6. The number of nitrogens with zero attached hydrogens (tertiary/aromatic N) is 2. The number of thioether (sulfide) groups is 1. The van der Waals surface area contributed by atoms with Crippen LogP contribution in [0.25, 0.3) is 0 Å². The van der Waals surface area contributed by atoms with Gasteiger partial charge in [0.15, 0.2) is 20.8 Å². The molecule has 2 aromatic carbocycles. The number of halogens is 1. The number of amidine groups is 1. The summed E-state index contributed by atoms with van der Waals surface area (Å²) in [7, 11) is -3.26. The first kappa shape index (κ1) is 23.6. The van der Waals surface area contributed by atoms with E-state index >= 15 is 0 Å². The first-order chi connectivity index (χ1) is 15.6. The van der Waals surface area contributed by atoms with Crippen molar-refractivity contribution in [1.82, 2.24) is 0 Å². The molecule has 4 rings (SSSR count). The Hall–Kier alpha value is -2.56. The Balaban J connectivity index is 1.74. The van der Waals surface area contributed by atoms with Crippen molar-refractivity contribution >= 4 is 55.9 Å². The van der Waals surface area contributed by atoms with Gasteiger partial charge in [-0.05, 0) is 42.8 Å². The van der Waals surface area contributed by atoms with Gasteiger partial charge in [0, 0.05) is 16.7 Å². The summed E-state index contributed by atoms with van der Waals surface area (Å²) < 4.78 is 30.8. The molecule has 2 heterocycles. The molecule has 1 N–H and O–H groups in total. The summed E-state index contributed by atoms with van der Waals surface area (Å²) in [6.45, 7) is 1.94. The van der Waals surface area contributed by atoms with Crippen molar-refractivity contribution < 1.29 is 27.9 Å². The smallest absolute Gasteiger partial charge is 0.303 e. The second-order valence-electron chi connectivity index (χ2n) is 7.88. The lowest BCUT2D eigenvalue weighted by Crippen LogP contribution is -2.38. The van der Waals surface area contributed by atoms with Crippen LogP contribution in [0.4, 0.5) is 5.69 Å². The van der Waals surface area contributed by atoms with Crippen LogP contribution in [0.1, 0.15) is 18.4 Å². The largest absolute Gasteiger partial charge is 0.481 e. The average molecular weight is 509 g/mol. The van der Waals surface area contributed by atoms with Crippen molar-refractivity contribution in [3.05, 3.63) is 53.1 Å². The third-order valence-corrected chi connectivity index (χ3v) is 8.68. The second-order valence-corrected chi connectivity index (χ2v) is 11.7. The fourth-order valence-corrected chi connectivity index (χ4v) is 7.88. The number of anilines is 1. The number of carboxylic acid groups (broad SMARTS) is 1. The summed E-state index contributed by atoms with van der Waals surface area (Å²) in [5, 5.41) is 9.26. The summed E-state index contributed by atoms with van der Waals surface area (Å²) in [5.74, 6) is -0.778. The van der Waals surface area contributed by atoms with Gasteiger partial charge < -0.3 is 14.7 Å². The minimum absolute atomic E-state index is 0.0319. The highest BCUT2D eigenvalue weighted by molar-refractivity contribution is 8.16. The van der Waals surface area contributed by atoms with Gasteiger partial charge in [-0.3, -0.25) is 9.59 Å². The van der Waals surface area contributed by atoms with E-state index in [2.05, 4.69) is 4.99 Å². The van der Waals surface area contributed by atoms with Crippen LogP contribution in [0.5, 0.6) is 11.5 Å². The maximum Gasteiger partial charge on any atom is 0.303 e. The maximum atomic E-state index is 12.3. The lowest BCUT2D eigenvalue weighted by molar-refractivity contribution is -0.138. The lowest BCUT2D eigenvalue weighted by Gasteiger charge is -2.26. The predicted molar refractivity (Wildman–Crippen MR) is 128 cm³/mol. The van der Waals surface area contributed by atoms with Gasteiger partial charge in [-0.15, -0.1) is 0 Å². The van der Waals surface area contributed by atoms with Crippen LogP contribution in [0, 0.1) is 6.92 Å². The Morgan fingerprint density at radius 2 is 2.00 bits per heavy atom. The highest BCUT2D eigenvalue weighted by atomic mass is 35.5. The number of ether oxygens (including phenoxy) is 1. The molecule has 2 saturated heterocycles.